The van der Waals surface area contributed by atoms with Crippen LogP contribution in [0.25, 0.3) is 0 Å². The summed E-state index contributed by atoms with van der Waals surface area (Å²) in [5.41, 5.74) is 2.58. The third kappa shape index (κ3) is 3.16. The van der Waals surface area contributed by atoms with E-state index in [9.17, 15) is 0 Å². The molecule has 1 aromatic carbocycles. The van der Waals surface area contributed by atoms with Gasteiger partial charge in [0.1, 0.15) is 0 Å². The van der Waals surface area contributed by atoms with Gasteiger partial charge in [-0.3, -0.25) is 4.68 Å². The summed E-state index contributed by atoms with van der Waals surface area (Å²) < 4.78 is 1.97. The molecule has 1 aliphatic rings. The Kier molecular flexibility index (Phi) is 3.82. The van der Waals surface area contributed by atoms with Crippen molar-refractivity contribution >= 4 is 5.69 Å². The highest BCUT2D eigenvalue weighted by Crippen LogP contribution is 2.24. The second-order valence-corrected chi connectivity index (χ2v) is 5.34. The number of para-hydroxylation sites is 1. The van der Waals surface area contributed by atoms with Gasteiger partial charge in [-0.15, -0.1) is 0 Å². The Hall–Kier alpha value is -1.77. The first-order chi connectivity index (χ1) is 9.42. The fourth-order valence-electron chi connectivity index (χ4n) is 2.83. The van der Waals surface area contributed by atoms with Gasteiger partial charge in [-0.05, 0) is 30.5 Å². The lowest BCUT2D eigenvalue weighted by Crippen LogP contribution is -2.23. The smallest absolute Gasteiger partial charge is 0.0679 e. The number of aromatic nitrogens is 2. The number of rotatable bonds is 4. The van der Waals surface area contributed by atoms with E-state index < -0.39 is 0 Å². The average Bonchev–Trinajstić information content (AvgIpc) is 2.95. The lowest BCUT2D eigenvalue weighted by Gasteiger charge is -2.25. The summed E-state index contributed by atoms with van der Waals surface area (Å²) in [5, 5.41) is 8.01. The fraction of sp³-hybridized carbons (Fsp3) is 0.438. The minimum absolute atomic E-state index is 0.646. The Labute approximate surface area is 114 Å². The van der Waals surface area contributed by atoms with Crippen LogP contribution in [0.15, 0.2) is 42.7 Å². The Morgan fingerprint density at radius 1 is 1.11 bits per heavy atom. The van der Waals surface area contributed by atoms with Crippen molar-refractivity contribution in [1.29, 1.82) is 0 Å². The molecule has 1 aliphatic carbocycles. The molecule has 0 unspecified atom stereocenters. The number of anilines is 1. The molecule has 0 atom stereocenters. The van der Waals surface area contributed by atoms with E-state index in [0.29, 0.717) is 6.04 Å². The highest BCUT2D eigenvalue weighted by Gasteiger charge is 2.14. The zero-order valence-electron chi connectivity index (χ0n) is 11.3. The van der Waals surface area contributed by atoms with Gasteiger partial charge in [-0.25, -0.2) is 0 Å². The van der Waals surface area contributed by atoms with Crippen molar-refractivity contribution in [3.8, 4) is 0 Å². The molecular weight excluding hydrogens is 234 g/mol. The molecule has 0 spiro atoms. The minimum atomic E-state index is 0.646. The molecule has 3 heteroatoms. The summed E-state index contributed by atoms with van der Waals surface area (Å²) in [7, 11) is 0. The van der Waals surface area contributed by atoms with E-state index in [-0.39, 0.29) is 0 Å². The minimum Gasteiger partial charge on any atom is -0.382 e. The second kappa shape index (κ2) is 5.91. The van der Waals surface area contributed by atoms with Crippen molar-refractivity contribution in [2.24, 2.45) is 0 Å². The van der Waals surface area contributed by atoms with E-state index in [1.807, 2.05) is 23.1 Å². The topological polar surface area (TPSA) is 29.9 Å². The normalized spacial score (nSPS) is 16.4. The van der Waals surface area contributed by atoms with Crippen molar-refractivity contribution in [2.75, 3.05) is 5.32 Å². The van der Waals surface area contributed by atoms with Gasteiger partial charge in [0.05, 0.1) is 6.54 Å². The monoisotopic (exact) mass is 255 g/mol. The molecule has 1 saturated carbocycles. The number of hydrogen-bond acceptors (Lipinski definition) is 2. The van der Waals surface area contributed by atoms with Crippen LogP contribution in [0, 0.1) is 0 Å². The maximum Gasteiger partial charge on any atom is 0.0679 e. The highest BCUT2D eigenvalue weighted by molar-refractivity contribution is 5.51. The van der Waals surface area contributed by atoms with Crippen LogP contribution in [0.2, 0.25) is 0 Å². The predicted octanol–water partition coefficient (Wildman–Crippen LogP) is 3.68. The van der Waals surface area contributed by atoms with Crippen molar-refractivity contribution in [3.05, 3.63) is 48.3 Å². The number of nitrogens with one attached hydrogen (secondary N) is 1. The standard InChI is InChI=1S/C16H21N3/c1-2-8-15(9-3-1)18-16-10-5-4-7-14(16)13-19-12-6-11-17-19/h4-7,10-12,15,18H,1-3,8-9,13H2. The van der Waals surface area contributed by atoms with Crippen LogP contribution in [0.1, 0.15) is 37.7 Å². The van der Waals surface area contributed by atoms with E-state index in [0.717, 1.165) is 6.54 Å². The third-order valence-electron chi connectivity index (χ3n) is 3.87. The summed E-state index contributed by atoms with van der Waals surface area (Å²) in [6, 6.07) is 11.2. The zero-order chi connectivity index (χ0) is 12.9. The Balaban J connectivity index is 1.73. The molecule has 19 heavy (non-hydrogen) atoms. The highest BCUT2D eigenvalue weighted by atomic mass is 15.3. The van der Waals surface area contributed by atoms with Crippen LogP contribution in [-0.2, 0) is 6.54 Å². The summed E-state index contributed by atoms with van der Waals surface area (Å²) >= 11 is 0. The predicted molar refractivity (Wildman–Crippen MR) is 78.3 cm³/mol. The van der Waals surface area contributed by atoms with Gasteiger partial charge in [-0.2, -0.15) is 5.10 Å². The van der Waals surface area contributed by atoms with Crippen LogP contribution in [-0.4, -0.2) is 15.8 Å². The molecular formula is C16H21N3. The van der Waals surface area contributed by atoms with Crippen molar-refractivity contribution < 1.29 is 0 Å². The van der Waals surface area contributed by atoms with Gasteiger partial charge in [0, 0.05) is 24.1 Å². The summed E-state index contributed by atoms with van der Waals surface area (Å²) in [6.45, 7) is 0.836. The van der Waals surface area contributed by atoms with Crippen LogP contribution < -0.4 is 5.32 Å². The van der Waals surface area contributed by atoms with Gasteiger partial charge < -0.3 is 5.32 Å². The molecule has 0 saturated heterocycles. The number of nitrogens with zero attached hydrogens (tertiary/aromatic N) is 2. The Bertz CT molecular complexity index is 498. The lowest BCUT2D eigenvalue weighted by molar-refractivity contribution is 0.462. The summed E-state index contributed by atoms with van der Waals surface area (Å²) in [5.74, 6) is 0. The van der Waals surface area contributed by atoms with Gasteiger partial charge >= 0.3 is 0 Å². The van der Waals surface area contributed by atoms with Crippen LogP contribution in [0.4, 0.5) is 5.69 Å². The van der Waals surface area contributed by atoms with Gasteiger partial charge in [0.2, 0.25) is 0 Å². The first kappa shape index (κ1) is 12.3. The van der Waals surface area contributed by atoms with Crippen molar-refractivity contribution in [1.82, 2.24) is 9.78 Å². The van der Waals surface area contributed by atoms with Crippen LogP contribution >= 0.6 is 0 Å². The SMILES string of the molecule is c1ccc(NC2CCCCC2)c(Cn2cccn2)c1. The fourth-order valence-corrected chi connectivity index (χ4v) is 2.83. The molecule has 3 nitrogen and oxygen atoms in total. The summed E-state index contributed by atoms with van der Waals surface area (Å²) in [4.78, 5) is 0. The van der Waals surface area contributed by atoms with Crippen molar-refractivity contribution in [3.63, 3.8) is 0 Å². The number of hydrogen-bond donors (Lipinski definition) is 1. The molecule has 0 radical (unpaired) electrons. The second-order valence-electron chi connectivity index (χ2n) is 5.34. The zero-order valence-corrected chi connectivity index (χ0v) is 11.3. The Morgan fingerprint density at radius 2 is 1.95 bits per heavy atom. The van der Waals surface area contributed by atoms with Gasteiger partial charge in [0.25, 0.3) is 0 Å². The van der Waals surface area contributed by atoms with E-state index in [2.05, 4.69) is 34.7 Å². The first-order valence-corrected chi connectivity index (χ1v) is 7.24. The van der Waals surface area contributed by atoms with E-state index in [1.165, 1.54) is 43.4 Å². The largest absolute Gasteiger partial charge is 0.382 e. The molecule has 1 aromatic heterocycles. The third-order valence-corrected chi connectivity index (χ3v) is 3.87. The van der Waals surface area contributed by atoms with Crippen molar-refractivity contribution in [2.45, 2.75) is 44.7 Å². The maximum absolute atomic E-state index is 4.29. The number of benzene rings is 1. The maximum atomic E-state index is 4.29. The molecule has 0 bridgehead atoms. The average molecular weight is 255 g/mol. The molecule has 0 aliphatic heterocycles. The van der Waals surface area contributed by atoms with Crippen LogP contribution in [0.3, 0.4) is 0 Å². The van der Waals surface area contributed by atoms with E-state index in [1.54, 1.807) is 0 Å². The van der Waals surface area contributed by atoms with E-state index in [4.69, 9.17) is 0 Å². The lowest BCUT2D eigenvalue weighted by atomic mass is 9.95. The quantitative estimate of drug-likeness (QED) is 0.903. The van der Waals surface area contributed by atoms with E-state index >= 15 is 0 Å². The van der Waals surface area contributed by atoms with Gasteiger partial charge in [0.15, 0.2) is 0 Å². The van der Waals surface area contributed by atoms with Crippen LogP contribution in [0.5, 0.6) is 0 Å². The molecule has 2 aromatic rings. The molecule has 1 heterocycles. The molecule has 3 rings (SSSR count). The molecule has 1 N–H and O–H groups in total. The molecule has 0 amide bonds. The molecule has 1 fully saturated rings. The molecule has 100 valence electrons. The summed E-state index contributed by atoms with van der Waals surface area (Å²) in [6.07, 6.45) is 10.6. The Morgan fingerprint density at radius 3 is 2.74 bits per heavy atom. The van der Waals surface area contributed by atoms with Gasteiger partial charge in [-0.1, -0.05) is 37.5 Å². The first-order valence-electron chi connectivity index (χ1n) is 7.24.